The standard InChI is InChI=1S/C24H35N5S.HI/c1-18-23(30-19(2)27-18)11-13-26-24(25-3)29-15-12-22-21(17-29)10-7-14-28(22)16-20-8-5-4-6-9-20;/h4-6,8-9,21-22H,7,10-17H2,1-3H3,(H,25,26);1H. The van der Waals surface area contributed by atoms with E-state index in [1.54, 1.807) is 0 Å². The Hall–Kier alpha value is -1.19. The second-order valence-electron chi connectivity index (χ2n) is 8.63. The van der Waals surface area contributed by atoms with E-state index in [0.29, 0.717) is 6.04 Å². The van der Waals surface area contributed by atoms with E-state index in [1.807, 2.05) is 18.4 Å². The Morgan fingerprint density at radius 1 is 1.19 bits per heavy atom. The topological polar surface area (TPSA) is 43.8 Å². The van der Waals surface area contributed by atoms with E-state index < -0.39 is 0 Å². The van der Waals surface area contributed by atoms with E-state index in [0.717, 1.165) is 49.5 Å². The first kappa shape index (κ1) is 24.5. The molecule has 3 heterocycles. The number of aromatic nitrogens is 1. The largest absolute Gasteiger partial charge is 0.356 e. The summed E-state index contributed by atoms with van der Waals surface area (Å²) in [6, 6.07) is 11.6. The Kier molecular flexibility index (Phi) is 9.16. The Morgan fingerprint density at radius 2 is 2.00 bits per heavy atom. The van der Waals surface area contributed by atoms with Gasteiger partial charge in [0, 0.05) is 50.6 Å². The summed E-state index contributed by atoms with van der Waals surface area (Å²) in [6.07, 6.45) is 4.88. The van der Waals surface area contributed by atoms with Crippen LogP contribution in [0.1, 0.15) is 40.4 Å². The van der Waals surface area contributed by atoms with Gasteiger partial charge in [0.05, 0.1) is 10.7 Å². The van der Waals surface area contributed by atoms with Gasteiger partial charge >= 0.3 is 0 Å². The highest BCUT2D eigenvalue weighted by atomic mass is 127. The minimum absolute atomic E-state index is 0. The van der Waals surface area contributed by atoms with Gasteiger partial charge in [0.1, 0.15) is 0 Å². The number of piperidine rings is 2. The van der Waals surface area contributed by atoms with Crippen molar-refractivity contribution in [2.75, 3.05) is 33.2 Å². The summed E-state index contributed by atoms with van der Waals surface area (Å²) in [4.78, 5) is 15.7. The zero-order chi connectivity index (χ0) is 20.9. The molecule has 2 saturated heterocycles. The highest BCUT2D eigenvalue weighted by Crippen LogP contribution is 2.31. The number of rotatable bonds is 5. The lowest BCUT2D eigenvalue weighted by Crippen LogP contribution is -2.56. The molecule has 0 spiro atoms. The van der Waals surface area contributed by atoms with Crippen molar-refractivity contribution in [2.45, 2.75) is 52.1 Å². The number of hydrogen-bond acceptors (Lipinski definition) is 4. The van der Waals surface area contributed by atoms with E-state index in [2.05, 4.69) is 69.3 Å². The van der Waals surface area contributed by atoms with Crippen molar-refractivity contribution in [1.82, 2.24) is 20.1 Å². The predicted molar refractivity (Wildman–Crippen MR) is 142 cm³/mol. The maximum atomic E-state index is 4.60. The average molecular weight is 554 g/mol. The van der Waals surface area contributed by atoms with E-state index in [4.69, 9.17) is 0 Å². The molecular formula is C24H36IN5S. The van der Waals surface area contributed by atoms with Crippen molar-refractivity contribution in [2.24, 2.45) is 10.9 Å². The molecule has 2 unspecified atom stereocenters. The van der Waals surface area contributed by atoms with Crippen LogP contribution in [-0.2, 0) is 13.0 Å². The third-order valence-corrected chi connectivity index (χ3v) is 7.69. The first-order chi connectivity index (χ1) is 14.6. The van der Waals surface area contributed by atoms with Gasteiger partial charge < -0.3 is 10.2 Å². The summed E-state index contributed by atoms with van der Waals surface area (Å²) in [5, 5.41) is 4.77. The van der Waals surface area contributed by atoms with Crippen molar-refractivity contribution in [3.8, 4) is 0 Å². The Balaban J connectivity index is 0.00000272. The molecule has 31 heavy (non-hydrogen) atoms. The summed E-state index contributed by atoms with van der Waals surface area (Å²) >= 11 is 1.81. The summed E-state index contributed by atoms with van der Waals surface area (Å²) in [5.74, 6) is 1.80. The third-order valence-electron chi connectivity index (χ3n) is 6.56. The quantitative estimate of drug-likeness (QED) is 0.337. The molecule has 5 nitrogen and oxygen atoms in total. The molecule has 0 radical (unpaired) electrons. The number of nitrogens with one attached hydrogen (secondary N) is 1. The monoisotopic (exact) mass is 553 g/mol. The summed E-state index contributed by atoms with van der Waals surface area (Å²) < 4.78 is 0. The van der Waals surface area contributed by atoms with Gasteiger partial charge in [-0.2, -0.15) is 0 Å². The smallest absolute Gasteiger partial charge is 0.193 e. The highest BCUT2D eigenvalue weighted by Gasteiger charge is 2.36. The van der Waals surface area contributed by atoms with Crippen LogP contribution >= 0.6 is 35.3 Å². The lowest BCUT2D eigenvalue weighted by molar-refractivity contribution is 0.0373. The van der Waals surface area contributed by atoms with E-state index in [9.17, 15) is 0 Å². The predicted octanol–water partition coefficient (Wildman–Crippen LogP) is 4.48. The molecule has 1 aromatic heterocycles. The molecule has 0 bridgehead atoms. The summed E-state index contributed by atoms with van der Waals surface area (Å²) in [5.41, 5.74) is 2.61. The van der Waals surface area contributed by atoms with Crippen LogP contribution in [0.5, 0.6) is 0 Å². The molecule has 2 aromatic rings. The first-order valence-corrected chi connectivity index (χ1v) is 12.1. The van der Waals surface area contributed by atoms with Gasteiger partial charge in [-0.25, -0.2) is 4.98 Å². The normalized spacial score (nSPS) is 22.0. The van der Waals surface area contributed by atoms with Crippen molar-refractivity contribution in [3.63, 3.8) is 0 Å². The fourth-order valence-electron chi connectivity index (χ4n) is 5.14. The van der Waals surface area contributed by atoms with Crippen LogP contribution in [0.15, 0.2) is 35.3 Å². The molecule has 2 atom stereocenters. The van der Waals surface area contributed by atoms with E-state index in [1.165, 1.54) is 41.9 Å². The van der Waals surface area contributed by atoms with Crippen LogP contribution in [-0.4, -0.2) is 60.0 Å². The van der Waals surface area contributed by atoms with Crippen molar-refractivity contribution in [1.29, 1.82) is 0 Å². The number of aliphatic imine (C=N–C) groups is 1. The van der Waals surface area contributed by atoms with E-state index >= 15 is 0 Å². The van der Waals surface area contributed by atoms with Gasteiger partial charge in [-0.05, 0) is 51.1 Å². The van der Waals surface area contributed by atoms with Crippen LogP contribution < -0.4 is 5.32 Å². The first-order valence-electron chi connectivity index (χ1n) is 11.3. The summed E-state index contributed by atoms with van der Waals surface area (Å²) in [6.45, 7) is 9.64. The average Bonchev–Trinajstić information content (AvgIpc) is 3.08. The van der Waals surface area contributed by atoms with Crippen LogP contribution in [0.4, 0.5) is 0 Å². The number of fused-ring (bicyclic) bond motifs is 1. The number of benzene rings is 1. The molecule has 7 heteroatoms. The maximum Gasteiger partial charge on any atom is 0.193 e. The van der Waals surface area contributed by atoms with Crippen molar-refractivity contribution < 1.29 is 0 Å². The minimum Gasteiger partial charge on any atom is -0.356 e. The molecule has 2 aliphatic heterocycles. The molecule has 2 aliphatic rings. The second-order valence-corrected chi connectivity index (χ2v) is 9.91. The van der Waals surface area contributed by atoms with Gasteiger partial charge in [0.2, 0.25) is 0 Å². The fourth-order valence-corrected chi connectivity index (χ4v) is 6.08. The van der Waals surface area contributed by atoms with Gasteiger partial charge in [-0.1, -0.05) is 30.3 Å². The molecule has 170 valence electrons. The summed E-state index contributed by atoms with van der Waals surface area (Å²) in [7, 11) is 1.92. The zero-order valence-corrected chi connectivity index (χ0v) is 22.2. The molecular weight excluding hydrogens is 517 g/mol. The molecule has 4 rings (SSSR count). The van der Waals surface area contributed by atoms with E-state index in [-0.39, 0.29) is 24.0 Å². The molecule has 0 saturated carbocycles. The Morgan fingerprint density at radius 3 is 2.71 bits per heavy atom. The van der Waals surface area contributed by atoms with Gasteiger partial charge in [0.25, 0.3) is 0 Å². The third kappa shape index (κ3) is 6.20. The number of halogens is 1. The zero-order valence-electron chi connectivity index (χ0n) is 19.0. The number of nitrogens with zero attached hydrogens (tertiary/aromatic N) is 4. The van der Waals surface area contributed by atoms with Gasteiger partial charge in [0.15, 0.2) is 5.96 Å². The molecule has 0 amide bonds. The van der Waals surface area contributed by atoms with Crippen LogP contribution in [0, 0.1) is 19.8 Å². The van der Waals surface area contributed by atoms with Gasteiger partial charge in [-0.3, -0.25) is 9.89 Å². The Labute approximate surface area is 208 Å². The second kappa shape index (κ2) is 11.6. The number of likely N-dealkylation sites (tertiary alicyclic amines) is 2. The Bertz CT molecular complexity index is 853. The van der Waals surface area contributed by atoms with Gasteiger partial charge in [-0.15, -0.1) is 35.3 Å². The van der Waals surface area contributed by atoms with Crippen LogP contribution in [0.2, 0.25) is 0 Å². The SMILES string of the molecule is CN=C(NCCc1sc(C)nc1C)N1CCC2C(CCCN2Cc2ccccc2)C1.I. The maximum absolute atomic E-state index is 4.60. The number of aryl methyl sites for hydroxylation is 2. The molecule has 1 aromatic carbocycles. The lowest BCUT2D eigenvalue weighted by Gasteiger charge is -2.48. The fraction of sp³-hybridized carbons (Fsp3) is 0.583. The van der Waals surface area contributed by atoms with Crippen LogP contribution in [0.3, 0.4) is 0 Å². The number of guanidine groups is 1. The lowest BCUT2D eigenvalue weighted by atomic mass is 9.83. The molecule has 1 N–H and O–H groups in total. The molecule has 0 aliphatic carbocycles. The number of hydrogen-bond donors (Lipinski definition) is 1. The minimum atomic E-state index is 0. The highest BCUT2D eigenvalue weighted by molar-refractivity contribution is 14.0. The molecule has 2 fully saturated rings. The van der Waals surface area contributed by atoms with Crippen molar-refractivity contribution in [3.05, 3.63) is 51.5 Å². The van der Waals surface area contributed by atoms with Crippen LogP contribution in [0.25, 0.3) is 0 Å². The number of thiazole rings is 1. The van der Waals surface area contributed by atoms with Crippen molar-refractivity contribution >= 4 is 41.3 Å².